The van der Waals surface area contributed by atoms with E-state index in [4.69, 9.17) is 0 Å². The highest BCUT2D eigenvalue weighted by molar-refractivity contribution is 7.08. The van der Waals surface area contributed by atoms with Gasteiger partial charge in [0.15, 0.2) is 5.69 Å². The molecule has 0 spiro atoms. The predicted octanol–water partition coefficient (Wildman–Crippen LogP) is 1.42. The maximum atomic E-state index is 11.8. The van der Waals surface area contributed by atoms with Crippen LogP contribution in [-0.2, 0) is 7.05 Å². The molecule has 0 saturated carbocycles. The summed E-state index contributed by atoms with van der Waals surface area (Å²) in [6, 6.07) is 0. The van der Waals surface area contributed by atoms with Gasteiger partial charge in [-0.1, -0.05) is 5.21 Å². The predicted molar refractivity (Wildman–Crippen MR) is 53.5 cm³/mol. The van der Waals surface area contributed by atoms with E-state index in [1.165, 1.54) is 16.0 Å². The maximum Gasteiger partial charge on any atom is 0.215 e. The maximum absolute atomic E-state index is 11.8. The first-order valence-electron chi connectivity index (χ1n) is 4.12. The number of carbonyl (C=O) groups is 1. The van der Waals surface area contributed by atoms with Gasteiger partial charge in [0.25, 0.3) is 0 Å². The zero-order valence-corrected chi connectivity index (χ0v) is 8.71. The van der Waals surface area contributed by atoms with E-state index in [1.54, 1.807) is 13.2 Å². The minimum absolute atomic E-state index is 0.0585. The van der Waals surface area contributed by atoms with Gasteiger partial charge in [0.2, 0.25) is 5.78 Å². The van der Waals surface area contributed by atoms with Crippen LogP contribution in [0.25, 0.3) is 0 Å². The van der Waals surface area contributed by atoms with Gasteiger partial charge in [-0.25, -0.2) is 0 Å². The Morgan fingerprint density at radius 1 is 1.50 bits per heavy atom. The molecule has 0 aliphatic heterocycles. The fraction of sp³-hybridized carbons (Fsp3) is 0.222. The number of rotatable bonds is 2. The topological polar surface area (TPSA) is 47.8 Å². The zero-order chi connectivity index (χ0) is 10.1. The highest BCUT2D eigenvalue weighted by Crippen LogP contribution is 2.16. The Bertz CT molecular complexity index is 472. The summed E-state index contributed by atoms with van der Waals surface area (Å²) in [4.78, 5) is 11.8. The van der Waals surface area contributed by atoms with Gasteiger partial charge >= 0.3 is 0 Å². The summed E-state index contributed by atoms with van der Waals surface area (Å²) in [5, 5.41) is 11.3. The molecule has 0 aromatic carbocycles. The molecule has 0 aliphatic rings. The highest BCUT2D eigenvalue weighted by atomic mass is 32.1. The molecule has 0 fully saturated rings. The van der Waals surface area contributed by atoms with Crippen LogP contribution in [0.4, 0.5) is 0 Å². The van der Waals surface area contributed by atoms with Crippen LogP contribution in [0.1, 0.15) is 21.6 Å². The smallest absolute Gasteiger partial charge is 0.215 e. The Balaban J connectivity index is 2.38. The zero-order valence-electron chi connectivity index (χ0n) is 7.89. The molecular formula is C9H9N3OS. The van der Waals surface area contributed by atoms with Crippen LogP contribution in [0, 0.1) is 6.92 Å². The van der Waals surface area contributed by atoms with Crippen LogP contribution in [-0.4, -0.2) is 20.8 Å². The summed E-state index contributed by atoms with van der Waals surface area (Å²) < 4.78 is 1.52. The fourth-order valence-electron chi connectivity index (χ4n) is 1.18. The molecule has 2 aromatic rings. The van der Waals surface area contributed by atoms with Gasteiger partial charge in [0, 0.05) is 18.0 Å². The van der Waals surface area contributed by atoms with Crippen LogP contribution in [0.2, 0.25) is 0 Å². The molecule has 5 heteroatoms. The van der Waals surface area contributed by atoms with Crippen molar-refractivity contribution >= 4 is 17.1 Å². The third-order valence-corrected chi connectivity index (χ3v) is 2.80. The summed E-state index contributed by atoms with van der Waals surface area (Å²) in [6.45, 7) is 1.92. The average Bonchev–Trinajstić information content (AvgIpc) is 2.73. The quantitative estimate of drug-likeness (QED) is 0.700. The normalized spacial score (nSPS) is 10.4. The number of aryl methyl sites for hydroxylation is 2. The molecule has 14 heavy (non-hydrogen) atoms. The minimum atomic E-state index is -0.0585. The van der Waals surface area contributed by atoms with Gasteiger partial charge in [-0.2, -0.15) is 11.3 Å². The number of ketones is 1. The van der Waals surface area contributed by atoms with Crippen molar-refractivity contribution in [3.63, 3.8) is 0 Å². The number of thiophene rings is 1. The molecule has 0 saturated heterocycles. The lowest BCUT2D eigenvalue weighted by Gasteiger charge is -1.93. The molecular weight excluding hydrogens is 198 g/mol. The molecule has 0 aliphatic carbocycles. The average molecular weight is 207 g/mol. The Labute approximate surface area is 85.2 Å². The molecule has 2 aromatic heterocycles. The standard InChI is InChI=1S/C9H9N3OS/c1-6-4-14-5-7(6)9(13)8-3-12(2)11-10-8/h3-5H,1-2H3. The third kappa shape index (κ3) is 1.46. The summed E-state index contributed by atoms with van der Waals surface area (Å²) in [5.41, 5.74) is 2.11. The van der Waals surface area contributed by atoms with E-state index in [2.05, 4.69) is 10.3 Å². The van der Waals surface area contributed by atoms with Gasteiger partial charge < -0.3 is 0 Å². The second kappa shape index (κ2) is 3.34. The highest BCUT2D eigenvalue weighted by Gasteiger charge is 2.15. The Kier molecular flexibility index (Phi) is 2.17. The second-order valence-electron chi connectivity index (χ2n) is 3.08. The van der Waals surface area contributed by atoms with E-state index >= 15 is 0 Å². The van der Waals surface area contributed by atoms with E-state index in [9.17, 15) is 4.79 Å². The molecule has 2 rings (SSSR count). The molecule has 4 nitrogen and oxygen atoms in total. The first kappa shape index (κ1) is 9.08. The van der Waals surface area contributed by atoms with Crippen molar-refractivity contribution in [2.75, 3.05) is 0 Å². The van der Waals surface area contributed by atoms with Gasteiger partial charge in [-0.15, -0.1) is 5.10 Å². The molecule has 2 heterocycles. The second-order valence-corrected chi connectivity index (χ2v) is 3.82. The Hall–Kier alpha value is -1.49. The van der Waals surface area contributed by atoms with E-state index in [0.717, 1.165) is 11.1 Å². The number of hydrogen-bond donors (Lipinski definition) is 0. The lowest BCUT2D eigenvalue weighted by molar-refractivity contribution is 0.103. The minimum Gasteiger partial charge on any atom is -0.287 e. The third-order valence-electron chi connectivity index (χ3n) is 1.94. The van der Waals surface area contributed by atoms with Crippen molar-refractivity contribution in [1.29, 1.82) is 0 Å². The van der Waals surface area contributed by atoms with E-state index in [1.807, 2.05) is 17.7 Å². The van der Waals surface area contributed by atoms with Crippen LogP contribution >= 0.6 is 11.3 Å². The molecule has 0 bridgehead atoms. The summed E-state index contributed by atoms with van der Waals surface area (Å²) in [5.74, 6) is -0.0585. The molecule has 0 unspecified atom stereocenters. The Morgan fingerprint density at radius 3 is 2.79 bits per heavy atom. The van der Waals surface area contributed by atoms with Crippen molar-refractivity contribution in [2.45, 2.75) is 6.92 Å². The Morgan fingerprint density at radius 2 is 2.29 bits per heavy atom. The first-order valence-corrected chi connectivity index (χ1v) is 5.06. The van der Waals surface area contributed by atoms with Crippen molar-refractivity contribution in [1.82, 2.24) is 15.0 Å². The SMILES string of the molecule is Cc1cscc1C(=O)c1cn(C)nn1. The molecule has 0 atom stereocenters. The monoisotopic (exact) mass is 207 g/mol. The van der Waals surface area contributed by atoms with Crippen molar-refractivity contribution in [3.8, 4) is 0 Å². The van der Waals surface area contributed by atoms with Gasteiger partial charge in [-0.3, -0.25) is 9.48 Å². The molecule has 72 valence electrons. The van der Waals surface area contributed by atoms with E-state index in [0.29, 0.717) is 5.69 Å². The van der Waals surface area contributed by atoms with Crippen LogP contribution in [0.15, 0.2) is 17.0 Å². The van der Waals surface area contributed by atoms with Crippen molar-refractivity contribution < 1.29 is 4.79 Å². The van der Waals surface area contributed by atoms with Crippen molar-refractivity contribution in [2.24, 2.45) is 7.05 Å². The number of hydrogen-bond acceptors (Lipinski definition) is 4. The number of carbonyl (C=O) groups excluding carboxylic acids is 1. The van der Waals surface area contributed by atoms with Gasteiger partial charge in [0.1, 0.15) is 0 Å². The largest absolute Gasteiger partial charge is 0.287 e. The summed E-state index contributed by atoms with van der Waals surface area (Å²) >= 11 is 1.52. The fourth-order valence-corrected chi connectivity index (χ4v) is 2.01. The lowest BCUT2D eigenvalue weighted by Crippen LogP contribution is -2.01. The van der Waals surface area contributed by atoms with Gasteiger partial charge in [0.05, 0.1) is 6.20 Å². The number of nitrogens with zero attached hydrogens (tertiary/aromatic N) is 3. The van der Waals surface area contributed by atoms with Crippen LogP contribution in [0.3, 0.4) is 0 Å². The van der Waals surface area contributed by atoms with Gasteiger partial charge in [-0.05, 0) is 17.9 Å². The summed E-state index contributed by atoms with van der Waals surface area (Å²) in [7, 11) is 1.74. The van der Waals surface area contributed by atoms with Crippen LogP contribution in [0.5, 0.6) is 0 Å². The molecule has 0 N–H and O–H groups in total. The van der Waals surface area contributed by atoms with E-state index in [-0.39, 0.29) is 5.78 Å². The molecule has 0 radical (unpaired) electrons. The van der Waals surface area contributed by atoms with Crippen LogP contribution < -0.4 is 0 Å². The first-order chi connectivity index (χ1) is 6.68. The molecule has 0 amide bonds. The summed E-state index contributed by atoms with van der Waals surface area (Å²) in [6.07, 6.45) is 1.62. The lowest BCUT2D eigenvalue weighted by atomic mass is 10.1. The van der Waals surface area contributed by atoms with Crippen molar-refractivity contribution in [3.05, 3.63) is 33.8 Å². The van der Waals surface area contributed by atoms with E-state index < -0.39 is 0 Å². The number of aromatic nitrogens is 3.